The molecule has 3 rings (SSSR count). The van der Waals surface area contributed by atoms with E-state index in [0.29, 0.717) is 18.7 Å². The first-order valence-electron chi connectivity index (χ1n) is 6.68. The Morgan fingerprint density at radius 3 is 2.76 bits per heavy atom. The van der Waals surface area contributed by atoms with Crippen LogP contribution >= 0.6 is 15.9 Å². The maximum atomic E-state index is 12.1. The van der Waals surface area contributed by atoms with Crippen LogP contribution in [0.2, 0.25) is 0 Å². The second-order valence-corrected chi connectivity index (χ2v) is 5.52. The fourth-order valence-electron chi connectivity index (χ4n) is 2.22. The number of benzene rings is 2. The average Bonchev–Trinajstić information content (AvgIpc) is 2.91. The Morgan fingerprint density at radius 2 is 1.90 bits per heavy atom. The Balaban J connectivity index is 1.64. The van der Waals surface area contributed by atoms with Gasteiger partial charge >= 0.3 is 0 Å². The number of carbonyl (C=O) groups excluding carboxylic acids is 1. The van der Waals surface area contributed by atoms with Crippen LogP contribution in [0.3, 0.4) is 0 Å². The highest BCUT2D eigenvalue weighted by Crippen LogP contribution is 2.15. The molecule has 0 bridgehead atoms. The Hall–Kier alpha value is -2.14. The number of carbonyl (C=O) groups is 1. The highest BCUT2D eigenvalue weighted by Gasteiger charge is 2.08. The van der Waals surface area contributed by atoms with Gasteiger partial charge in [0.1, 0.15) is 0 Å². The van der Waals surface area contributed by atoms with Crippen molar-refractivity contribution in [1.82, 2.24) is 14.9 Å². The maximum Gasteiger partial charge on any atom is 0.252 e. The molecule has 0 aliphatic carbocycles. The normalized spacial score (nSPS) is 10.7. The third-order valence-corrected chi connectivity index (χ3v) is 3.98. The fourth-order valence-corrected chi connectivity index (χ4v) is 2.68. The van der Waals surface area contributed by atoms with Gasteiger partial charge < -0.3 is 9.88 Å². The van der Waals surface area contributed by atoms with E-state index in [-0.39, 0.29) is 5.91 Å². The minimum absolute atomic E-state index is 0.0769. The van der Waals surface area contributed by atoms with Crippen LogP contribution in [-0.4, -0.2) is 22.0 Å². The van der Waals surface area contributed by atoms with Gasteiger partial charge in [-0.15, -0.1) is 0 Å². The van der Waals surface area contributed by atoms with Gasteiger partial charge in [0.05, 0.1) is 22.9 Å². The van der Waals surface area contributed by atoms with E-state index in [0.717, 1.165) is 15.5 Å². The molecule has 0 fully saturated rings. The standard InChI is InChI=1S/C16H14BrN3O/c17-13-6-2-1-5-12(13)16(21)18-9-10-20-11-19-14-7-3-4-8-15(14)20/h1-8,11H,9-10H2,(H,18,21). The van der Waals surface area contributed by atoms with E-state index < -0.39 is 0 Å². The zero-order valence-corrected chi connectivity index (χ0v) is 12.9. The first-order chi connectivity index (χ1) is 10.3. The SMILES string of the molecule is O=C(NCCn1cnc2ccccc21)c1ccccc1Br. The van der Waals surface area contributed by atoms with Crippen molar-refractivity contribution in [3.63, 3.8) is 0 Å². The van der Waals surface area contributed by atoms with E-state index in [2.05, 4.69) is 26.2 Å². The zero-order valence-electron chi connectivity index (χ0n) is 11.3. The summed E-state index contributed by atoms with van der Waals surface area (Å²) in [5.74, 6) is -0.0769. The monoisotopic (exact) mass is 343 g/mol. The molecule has 3 aromatic rings. The fraction of sp³-hybridized carbons (Fsp3) is 0.125. The van der Waals surface area contributed by atoms with Gasteiger partial charge in [-0.25, -0.2) is 4.98 Å². The molecule has 0 aliphatic heterocycles. The van der Waals surface area contributed by atoms with Gasteiger partial charge in [-0.1, -0.05) is 24.3 Å². The summed E-state index contributed by atoms with van der Waals surface area (Å²) in [6.45, 7) is 1.25. The maximum absolute atomic E-state index is 12.1. The second kappa shape index (κ2) is 6.10. The van der Waals surface area contributed by atoms with Crippen molar-refractivity contribution >= 4 is 32.9 Å². The van der Waals surface area contributed by atoms with E-state index in [4.69, 9.17) is 0 Å². The summed E-state index contributed by atoms with van der Waals surface area (Å²) in [6, 6.07) is 15.4. The summed E-state index contributed by atoms with van der Waals surface area (Å²) in [5.41, 5.74) is 2.69. The number of nitrogens with one attached hydrogen (secondary N) is 1. The zero-order chi connectivity index (χ0) is 14.7. The first-order valence-corrected chi connectivity index (χ1v) is 7.47. The Kier molecular flexibility index (Phi) is 4.01. The van der Waals surface area contributed by atoms with Crippen molar-refractivity contribution in [2.24, 2.45) is 0 Å². The lowest BCUT2D eigenvalue weighted by molar-refractivity contribution is 0.0951. The van der Waals surface area contributed by atoms with E-state index in [9.17, 15) is 4.79 Å². The number of hydrogen-bond acceptors (Lipinski definition) is 2. The van der Waals surface area contributed by atoms with Crippen molar-refractivity contribution in [1.29, 1.82) is 0 Å². The van der Waals surface area contributed by atoms with Crippen LogP contribution in [0.5, 0.6) is 0 Å². The summed E-state index contributed by atoms with van der Waals surface area (Å²) in [6.07, 6.45) is 1.80. The number of rotatable bonds is 4. The van der Waals surface area contributed by atoms with Crippen molar-refractivity contribution < 1.29 is 4.79 Å². The third-order valence-electron chi connectivity index (χ3n) is 3.28. The molecule has 1 amide bonds. The molecule has 0 aliphatic rings. The number of hydrogen-bond donors (Lipinski definition) is 1. The van der Waals surface area contributed by atoms with Gasteiger partial charge in [0.25, 0.3) is 5.91 Å². The molecule has 106 valence electrons. The quantitative estimate of drug-likeness (QED) is 0.790. The van der Waals surface area contributed by atoms with Crippen LogP contribution < -0.4 is 5.32 Å². The van der Waals surface area contributed by atoms with Crippen LogP contribution in [0.25, 0.3) is 11.0 Å². The van der Waals surface area contributed by atoms with Crippen LogP contribution in [0.1, 0.15) is 10.4 Å². The minimum Gasteiger partial charge on any atom is -0.350 e. The molecule has 0 unspecified atom stereocenters. The lowest BCUT2D eigenvalue weighted by Gasteiger charge is -2.08. The van der Waals surface area contributed by atoms with E-state index >= 15 is 0 Å². The van der Waals surface area contributed by atoms with Crippen LogP contribution in [0, 0.1) is 0 Å². The summed E-state index contributed by atoms with van der Waals surface area (Å²) in [7, 11) is 0. The van der Waals surface area contributed by atoms with Gasteiger partial charge in [-0.2, -0.15) is 0 Å². The number of amides is 1. The van der Waals surface area contributed by atoms with Crippen molar-refractivity contribution in [3.05, 3.63) is 64.9 Å². The molecular formula is C16H14BrN3O. The van der Waals surface area contributed by atoms with Crippen LogP contribution in [-0.2, 0) is 6.54 Å². The summed E-state index contributed by atoms with van der Waals surface area (Å²) >= 11 is 3.38. The molecule has 1 N–H and O–H groups in total. The predicted molar refractivity (Wildman–Crippen MR) is 86.2 cm³/mol. The Bertz CT molecular complexity index is 782. The van der Waals surface area contributed by atoms with Crippen LogP contribution in [0.15, 0.2) is 59.3 Å². The number of halogens is 1. The highest BCUT2D eigenvalue weighted by atomic mass is 79.9. The summed E-state index contributed by atoms with van der Waals surface area (Å²) < 4.78 is 2.84. The molecule has 21 heavy (non-hydrogen) atoms. The van der Waals surface area contributed by atoms with Gasteiger partial charge in [0.15, 0.2) is 0 Å². The summed E-state index contributed by atoms with van der Waals surface area (Å²) in [5, 5.41) is 2.93. The largest absolute Gasteiger partial charge is 0.350 e. The van der Waals surface area contributed by atoms with Crippen molar-refractivity contribution in [3.8, 4) is 0 Å². The lowest BCUT2D eigenvalue weighted by Crippen LogP contribution is -2.27. The Labute approximate surface area is 130 Å². The van der Waals surface area contributed by atoms with Gasteiger partial charge in [-0.05, 0) is 40.2 Å². The molecule has 5 heteroatoms. The predicted octanol–water partition coefficient (Wildman–Crippen LogP) is 3.23. The second-order valence-electron chi connectivity index (χ2n) is 4.66. The number of fused-ring (bicyclic) bond motifs is 1. The molecule has 2 aromatic carbocycles. The highest BCUT2D eigenvalue weighted by molar-refractivity contribution is 9.10. The topological polar surface area (TPSA) is 46.9 Å². The number of para-hydroxylation sites is 2. The molecule has 0 radical (unpaired) electrons. The summed E-state index contributed by atoms with van der Waals surface area (Å²) in [4.78, 5) is 16.4. The van der Waals surface area contributed by atoms with E-state index in [1.165, 1.54) is 0 Å². The minimum atomic E-state index is -0.0769. The lowest BCUT2D eigenvalue weighted by atomic mass is 10.2. The number of nitrogens with zero attached hydrogens (tertiary/aromatic N) is 2. The molecular weight excluding hydrogens is 330 g/mol. The molecule has 1 aromatic heterocycles. The number of imidazole rings is 1. The van der Waals surface area contributed by atoms with Crippen molar-refractivity contribution in [2.75, 3.05) is 6.54 Å². The van der Waals surface area contributed by atoms with Crippen LogP contribution in [0.4, 0.5) is 0 Å². The van der Waals surface area contributed by atoms with E-state index in [1.807, 2.05) is 47.0 Å². The number of aromatic nitrogens is 2. The smallest absolute Gasteiger partial charge is 0.252 e. The molecule has 0 atom stereocenters. The van der Waals surface area contributed by atoms with Crippen molar-refractivity contribution in [2.45, 2.75) is 6.54 Å². The molecule has 0 saturated heterocycles. The van der Waals surface area contributed by atoms with Gasteiger partial charge in [-0.3, -0.25) is 4.79 Å². The molecule has 0 saturated carbocycles. The average molecular weight is 344 g/mol. The molecule has 1 heterocycles. The molecule has 0 spiro atoms. The Morgan fingerprint density at radius 1 is 1.14 bits per heavy atom. The van der Waals surface area contributed by atoms with Gasteiger partial charge in [0.2, 0.25) is 0 Å². The third kappa shape index (κ3) is 2.97. The van der Waals surface area contributed by atoms with Gasteiger partial charge in [0, 0.05) is 17.6 Å². The van der Waals surface area contributed by atoms with E-state index in [1.54, 1.807) is 12.4 Å². The first kappa shape index (κ1) is 13.8. The molecule has 4 nitrogen and oxygen atoms in total.